The van der Waals surface area contributed by atoms with E-state index in [1.54, 1.807) is 24.3 Å². The van der Waals surface area contributed by atoms with E-state index in [2.05, 4.69) is 0 Å². The lowest BCUT2D eigenvalue weighted by atomic mass is 10.1. The highest BCUT2D eigenvalue weighted by molar-refractivity contribution is 5.95. The second-order valence-electron chi connectivity index (χ2n) is 4.62. The standard InChI is InChI=1S/C16H18N2O2/c1-11-5-4-6-12(9-11)15(10-17)20-14-8-3-2-7-13(14)16(18)19/h2-9,15H,10,17H2,1H3,(H2,18,19). The van der Waals surface area contributed by atoms with Crippen molar-refractivity contribution in [3.63, 3.8) is 0 Å². The lowest BCUT2D eigenvalue weighted by Gasteiger charge is -2.19. The van der Waals surface area contributed by atoms with Crippen LogP contribution in [0.3, 0.4) is 0 Å². The van der Waals surface area contributed by atoms with Gasteiger partial charge in [-0.1, -0.05) is 42.0 Å². The third-order valence-electron chi connectivity index (χ3n) is 3.05. The van der Waals surface area contributed by atoms with Crippen LogP contribution in [0.25, 0.3) is 0 Å². The van der Waals surface area contributed by atoms with Gasteiger partial charge in [0.15, 0.2) is 0 Å². The monoisotopic (exact) mass is 270 g/mol. The molecule has 0 aromatic heterocycles. The SMILES string of the molecule is Cc1cccc(C(CN)Oc2ccccc2C(N)=O)c1. The Morgan fingerprint density at radius 2 is 1.95 bits per heavy atom. The zero-order valence-corrected chi connectivity index (χ0v) is 11.4. The van der Waals surface area contributed by atoms with Crippen LogP contribution < -0.4 is 16.2 Å². The van der Waals surface area contributed by atoms with Gasteiger partial charge in [-0.2, -0.15) is 0 Å². The van der Waals surface area contributed by atoms with Crippen molar-refractivity contribution < 1.29 is 9.53 Å². The van der Waals surface area contributed by atoms with Crippen LogP contribution in [0, 0.1) is 6.92 Å². The van der Waals surface area contributed by atoms with Crippen LogP contribution >= 0.6 is 0 Å². The Kier molecular flexibility index (Phi) is 4.38. The maximum atomic E-state index is 11.4. The first-order valence-corrected chi connectivity index (χ1v) is 6.44. The van der Waals surface area contributed by atoms with Crippen LogP contribution in [0.15, 0.2) is 48.5 Å². The van der Waals surface area contributed by atoms with Crippen molar-refractivity contribution in [2.45, 2.75) is 13.0 Å². The minimum Gasteiger partial charge on any atom is -0.484 e. The number of carbonyl (C=O) groups is 1. The highest BCUT2D eigenvalue weighted by Crippen LogP contribution is 2.25. The molecule has 20 heavy (non-hydrogen) atoms. The van der Waals surface area contributed by atoms with E-state index >= 15 is 0 Å². The molecule has 0 bridgehead atoms. The number of aryl methyl sites for hydroxylation is 1. The van der Waals surface area contributed by atoms with Crippen molar-refractivity contribution in [2.24, 2.45) is 11.5 Å². The summed E-state index contributed by atoms with van der Waals surface area (Å²) in [5, 5.41) is 0. The van der Waals surface area contributed by atoms with Crippen molar-refractivity contribution in [3.8, 4) is 5.75 Å². The summed E-state index contributed by atoms with van der Waals surface area (Å²) in [6.07, 6.45) is -0.310. The fraction of sp³-hybridized carbons (Fsp3) is 0.188. The van der Waals surface area contributed by atoms with E-state index in [9.17, 15) is 4.79 Å². The molecule has 2 aromatic carbocycles. The van der Waals surface area contributed by atoms with E-state index in [-0.39, 0.29) is 6.10 Å². The molecule has 0 heterocycles. The van der Waals surface area contributed by atoms with Gasteiger partial charge < -0.3 is 16.2 Å². The molecular formula is C16H18N2O2. The quantitative estimate of drug-likeness (QED) is 0.874. The molecule has 0 radical (unpaired) electrons. The first-order valence-electron chi connectivity index (χ1n) is 6.44. The fourth-order valence-electron chi connectivity index (χ4n) is 2.05. The molecule has 2 aromatic rings. The summed E-state index contributed by atoms with van der Waals surface area (Å²) in [5.41, 5.74) is 13.6. The average Bonchev–Trinajstić information content (AvgIpc) is 2.45. The second-order valence-corrected chi connectivity index (χ2v) is 4.62. The summed E-state index contributed by atoms with van der Waals surface area (Å²) < 4.78 is 5.87. The molecular weight excluding hydrogens is 252 g/mol. The number of rotatable bonds is 5. The summed E-state index contributed by atoms with van der Waals surface area (Å²) in [7, 11) is 0. The Morgan fingerprint density at radius 1 is 1.20 bits per heavy atom. The maximum absolute atomic E-state index is 11.4. The fourth-order valence-corrected chi connectivity index (χ4v) is 2.05. The van der Waals surface area contributed by atoms with Crippen LogP contribution in [-0.4, -0.2) is 12.5 Å². The zero-order valence-electron chi connectivity index (χ0n) is 11.4. The Labute approximate surface area is 118 Å². The zero-order chi connectivity index (χ0) is 14.5. The summed E-state index contributed by atoms with van der Waals surface area (Å²) in [6.45, 7) is 2.32. The van der Waals surface area contributed by atoms with E-state index in [4.69, 9.17) is 16.2 Å². The van der Waals surface area contributed by atoms with Crippen LogP contribution in [0.4, 0.5) is 0 Å². The second kappa shape index (κ2) is 6.21. The predicted octanol–water partition coefficient (Wildman–Crippen LogP) is 2.17. The molecule has 1 atom stereocenters. The molecule has 0 aliphatic carbocycles. The van der Waals surface area contributed by atoms with Crippen LogP contribution in [-0.2, 0) is 0 Å². The maximum Gasteiger partial charge on any atom is 0.252 e. The topological polar surface area (TPSA) is 78.3 Å². The number of carbonyl (C=O) groups excluding carboxylic acids is 1. The van der Waals surface area contributed by atoms with E-state index in [1.807, 2.05) is 31.2 Å². The molecule has 0 saturated carbocycles. The van der Waals surface area contributed by atoms with Gasteiger partial charge in [0.25, 0.3) is 5.91 Å². The van der Waals surface area contributed by atoms with E-state index in [0.717, 1.165) is 11.1 Å². The minimum absolute atomic E-state index is 0.310. The number of primary amides is 1. The molecule has 0 saturated heterocycles. The number of para-hydroxylation sites is 1. The van der Waals surface area contributed by atoms with Gasteiger partial charge in [0, 0.05) is 6.54 Å². The van der Waals surface area contributed by atoms with Crippen molar-refractivity contribution >= 4 is 5.91 Å². The van der Waals surface area contributed by atoms with Crippen molar-refractivity contribution in [2.75, 3.05) is 6.54 Å². The molecule has 4 N–H and O–H groups in total. The molecule has 4 heteroatoms. The molecule has 0 spiro atoms. The third-order valence-corrected chi connectivity index (χ3v) is 3.05. The first kappa shape index (κ1) is 14.1. The highest BCUT2D eigenvalue weighted by atomic mass is 16.5. The van der Waals surface area contributed by atoms with Gasteiger partial charge in [-0.3, -0.25) is 4.79 Å². The number of ether oxygens (including phenoxy) is 1. The Balaban J connectivity index is 2.29. The van der Waals surface area contributed by atoms with Gasteiger partial charge >= 0.3 is 0 Å². The lowest BCUT2D eigenvalue weighted by Crippen LogP contribution is -2.20. The summed E-state index contributed by atoms with van der Waals surface area (Å²) in [4.78, 5) is 11.4. The smallest absolute Gasteiger partial charge is 0.252 e. The molecule has 1 amide bonds. The first-order chi connectivity index (χ1) is 9.61. The Hall–Kier alpha value is -2.33. The number of benzene rings is 2. The number of hydrogen-bond acceptors (Lipinski definition) is 3. The number of hydrogen-bond donors (Lipinski definition) is 2. The van der Waals surface area contributed by atoms with Gasteiger partial charge in [-0.25, -0.2) is 0 Å². The molecule has 2 rings (SSSR count). The Bertz CT molecular complexity index is 611. The molecule has 4 nitrogen and oxygen atoms in total. The highest BCUT2D eigenvalue weighted by Gasteiger charge is 2.15. The van der Waals surface area contributed by atoms with E-state index < -0.39 is 5.91 Å². The van der Waals surface area contributed by atoms with Gasteiger partial charge in [0.05, 0.1) is 5.56 Å². The van der Waals surface area contributed by atoms with Crippen LogP contribution in [0.1, 0.15) is 27.6 Å². The third kappa shape index (κ3) is 3.16. The minimum atomic E-state index is -0.513. The molecule has 0 aliphatic rings. The van der Waals surface area contributed by atoms with Crippen molar-refractivity contribution in [3.05, 3.63) is 65.2 Å². The summed E-state index contributed by atoms with van der Waals surface area (Å²) in [6, 6.07) is 14.8. The predicted molar refractivity (Wildman–Crippen MR) is 78.6 cm³/mol. The van der Waals surface area contributed by atoms with Crippen molar-refractivity contribution in [1.82, 2.24) is 0 Å². The van der Waals surface area contributed by atoms with Gasteiger partial charge in [-0.05, 0) is 24.6 Å². The molecule has 104 valence electrons. The van der Waals surface area contributed by atoms with Gasteiger partial charge in [-0.15, -0.1) is 0 Å². The van der Waals surface area contributed by atoms with Gasteiger partial charge in [0.2, 0.25) is 0 Å². The summed E-state index contributed by atoms with van der Waals surface area (Å²) in [5.74, 6) is -0.0578. The van der Waals surface area contributed by atoms with Crippen LogP contribution in [0.5, 0.6) is 5.75 Å². The van der Waals surface area contributed by atoms with Crippen LogP contribution in [0.2, 0.25) is 0 Å². The van der Waals surface area contributed by atoms with E-state index in [0.29, 0.717) is 17.9 Å². The largest absolute Gasteiger partial charge is 0.484 e. The lowest BCUT2D eigenvalue weighted by molar-refractivity contribution is 0.0993. The number of nitrogens with two attached hydrogens (primary N) is 2. The summed E-state index contributed by atoms with van der Waals surface area (Å²) >= 11 is 0. The number of amides is 1. The normalized spacial score (nSPS) is 11.9. The van der Waals surface area contributed by atoms with E-state index in [1.165, 1.54) is 0 Å². The molecule has 0 aliphatic heterocycles. The molecule has 1 unspecified atom stereocenters. The average molecular weight is 270 g/mol. The van der Waals surface area contributed by atoms with Crippen molar-refractivity contribution in [1.29, 1.82) is 0 Å². The molecule has 0 fully saturated rings. The Morgan fingerprint density at radius 3 is 2.60 bits per heavy atom. The van der Waals surface area contributed by atoms with Gasteiger partial charge in [0.1, 0.15) is 11.9 Å².